The molecule has 5 aromatic rings. The number of aliphatic carboxylic acids is 1. The van der Waals surface area contributed by atoms with Gasteiger partial charge >= 0.3 is 5.97 Å². The minimum Gasteiger partial charge on any atom is -0.481 e. The summed E-state index contributed by atoms with van der Waals surface area (Å²) in [6, 6.07) is 33.8. The molecule has 234 valence electrons. The molecule has 6 nitrogen and oxygen atoms in total. The zero-order valence-corrected chi connectivity index (χ0v) is 26.9. The monoisotopic (exact) mass is 632 g/mol. The third-order valence-corrected chi connectivity index (χ3v) is 7.86. The second-order valence-corrected chi connectivity index (χ2v) is 12.9. The highest BCUT2D eigenvalue weighted by Gasteiger charge is 2.21. The number of amides is 1. The summed E-state index contributed by atoms with van der Waals surface area (Å²) in [5.74, 6) is -0.683. The van der Waals surface area contributed by atoms with Gasteiger partial charge in [-0.15, -0.1) is 0 Å². The molecule has 1 heterocycles. The van der Waals surface area contributed by atoms with Crippen molar-refractivity contribution in [1.29, 1.82) is 0 Å². The molecule has 0 radical (unpaired) electrons. The number of aromatic nitrogens is 1. The topological polar surface area (TPSA) is 92.4 Å². The van der Waals surface area contributed by atoms with Crippen LogP contribution < -0.4 is 5.32 Å². The van der Waals surface area contributed by atoms with E-state index in [1.807, 2.05) is 54.6 Å². The summed E-state index contributed by atoms with van der Waals surface area (Å²) >= 11 is 6.10. The minimum absolute atomic E-state index is 0.0794. The van der Waals surface area contributed by atoms with Crippen LogP contribution in [-0.2, 0) is 11.2 Å². The standard InChI is InChI=1S/C39H37ClN2O4/c1-39(2,3)21-19-26-7-11-29(12-8-26)34(23-27-9-13-30(14-10-27)38(45)41-22-20-37(43)44)35-25-36(46-42-35)32-6-4-5-31(24-32)28-15-17-33(40)18-16-28/h4-19,21,24-25,34H,20,22-23H2,1-3H3,(H,41,45)(H,43,44)/b21-19+. The molecule has 1 aromatic heterocycles. The van der Waals surface area contributed by atoms with Crippen molar-refractivity contribution in [1.82, 2.24) is 10.5 Å². The first-order valence-corrected chi connectivity index (χ1v) is 15.6. The molecule has 46 heavy (non-hydrogen) atoms. The van der Waals surface area contributed by atoms with E-state index in [1.165, 1.54) is 0 Å². The second kappa shape index (κ2) is 14.4. The van der Waals surface area contributed by atoms with E-state index >= 15 is 0 Å². The lowest BCUT2D eigenvalue weighted by molar-refractivity contribution is -0.136. The van der Waals surface area contributed by atoms with Crippen LogP contribution >= 0.6 is 11.6 Å². The maximum Gasteiger partial charge on any atom is 0.305 e. The lowest BCUT2D eigenvalue weighted by atomic mass is 9.88. The average molecular weight is 633 g/mol. The number of carboxylic acids is 1. The lowest BCUT2D eigenvalue weighted by Gasteiger charge is -2.16. The van der Waals surface area contributed by atoms with Crippen molar-refractivity contribution in [3.8, 4) is 22.5 Å². The summed E-state index contributed by atoms with van der Waals surface area (Å²) in [6.07, 6.45) is 4.85. The maximum atomic E-state index is 12.5. The number of carbonyl (C=O) groups is 2. The van der Waals surface area contributed by atoms with E-state index in [0.717, 1.165) is 39.1 Å². The molecule has 1 unspecified atom stereocenters. The van der Waals surface area contributed by atoms with Crippen molar-refractivity contribution in [2.75, 3.05) is 6.54 Å². The van der Waals surface area contributed by atoms with Gasteiger partial charge in [-0.2, -0.15) is 0 Å². The molecule has 1 amide bonds. The number of benzene rings is 4. The van der Waals surface area contributed by atoms with Gasteiger partial charge < -0.3 is 14.9 Å². The number of hydrogen-bond acceptors (Lipinski definition) is 4. The molecule has 7 heteroatoms. The van der Waals surface area contributed by atoms with E-state index in [1.54, 1.807) is 12.1 Å². The molecule has 0 aliphatic heterocycles. The Balaban J connectivity index is 1.42. The Kier molecular flexibility index (Phi) is 10.2. The first kappa shape index (κ1) is 32.5. The molecule has 0 aliphatic rings. The fourth-order valence-electron chi connectivity index (χ4n) is 5.08. The van der Waals surface area contributed by atoms with Crippen LogP contribution in [0.3, 0.4) is 0 Å². The van der Waals surface area contributed by atoms with Crippen LogP contribution in [0, 0.1) is 5.41 Å². The quantitative estimate of drug-likeness (QED) is 0.151. The summed E-state index contributed by atoms with van der Waals surface area (Å²) in [7, 11) is 0. The molecule has 2 N–H and O–H groups in total. The van der Waals surface area contributed by atoms with E-state index < -0.39 is 5.97 Å². The summed E-state index contributed by atoms with van der Waals surface area (Å²) in [5.41, 5.74) is 7.64. The summed E-state index contributed by atoms with van der Waals surface area (Å²) in [4.78, 5) is 23.3. The lowest BCUT2D eigenvalue weighted by Crippen LogP contribution is -2.25. The van der Waals surface area contributed by atoms with Gasteiger partial charge in [0.25, 0.3) is 5.91 Å². The smallest absolute Gasteiger partial charge is 0.305 e. The zero-order valence-electron chi connectivity index (χ0n) is 26.2. The van der Waals surface area contributed by atoms with Crippen molar-refractivity contribution in [2.24, 2.45) is 5.41 Å². The average Bonchev–Trinajstić information content (AvgIpc) is 3.53. The van der Waals surface area contributed by atoms with E-state index in [2.05, 4.69) is 79.8 Å². The zero-order chi connectivity index (χ0) is 32.7. The van der Waals surface area contributed by atoms with Gasteiger partial charge in [0.1, 0.15) is 0 Å². The first-order valence-electron chi connectivity index (χ1n) is 15.3. The molecular formula is C39H37ClN2O4. The molecule has 0 aliphatic carbocycles. The van der Waals surface area contributed by atoms with Gasteiger partial charge in [-0.3, -0.25) is 9.59 Å². The number of rotatable bonds is 11. The predicted octanol–water partition coefficient (Wildman–Crippen LogP) is 9.30. The largest absolute Gasteiger partial charge is 0.481 e. The van der Waals surface area contributed by atoms with Crippen LogP contribution in [-0.4, -0.2) is 28.7 Å². The highest BCUT2D eigenvalue weighted by Crippen LogP contribution is 2.33. The molecule has 4 aromatic carbocycles. The maximum absolute atomic E-state index is 12.5. The van der Waals surface area contributed by atoms with E-state index in [0.29, 0.717) is 22.8 Å². The number of hydrogen-bond donors (Lipinski definition) is 2. The van der Waals surface area contributed by atoms with E-state index in [9.17, 15) is 9.59 Å². The molecular weight excluding hydrogens is 596 g/mol. The molecule has 0 fully saturated rings. The van der Waals surface area contributed by atoms with Crippen LogP contribution in [0.15, 0.2) is 114 Å². The van der Waals surface area contributed by atoms with Crippen LogP contribution in [0.1, 0.15) is 65.9 Å². The van der Waals surface area contributed by atoms with Gasteiger partial charge in [-0.1, -0.05) is 116 Å². The molecule has 0 bridgehead atoms. The van der Waals surface area contributed by atoms with Crippen molar-refractivity contribution in [3.63, 3.8) is 0 Å². The van der Waals surface area contributed by atoms with Crippen LogP contribution in [0.25, 0.3) is 28.5 Å². The van der Waals surface area contributed by atoms with Gasteiger partial charge in [-0.05, 0) is 70.0 Å². The number of nitrogens with zero attached hydrogens (tertiary/aromatic N) is 1. The third kappa shape index (κ3) is 8.83. The minimum atomic E-state index is -0.953. The summed E-state index contributed by atoms with van der Waals surface area (Å²) in [6.45, 7) is 6.60. The van der Waals surface area contributed by atoms with Crippen LogP contribution in [0.5, 0.6) is 0 Å². The second-order valence-electron chi connectivity index (χ2n) is 12.4. The van der Waals surface area contributed by atoms with Crippen molar-refractivity contribution >= 4 is 29.6 Å². The fraction of sp³-hybridized carbons (Fsp3) is 0.205. The predicted molar refractivity (Wildman–Crippen MR) is 184 cm³/mol. The molecule has 5 rings (SSSR count). The van der Waals surface area contributed by atoms with Gasteiger partial charge in [0, 0.05) is 34.7 Å². The van der Waals surface area contributed by atoms with Crippen molar-refractivity contribution < 1.29 is 19.2 Å². The van der Waals surface area contributed by atoms with Gasteiger partial charge in [0.2, 0.25) is 0 Å². The number of carbonyl (C=O) groups excluding carboxylic acids is 1. The summed E-state index contributed by atoms with van der Waals surface area (Å²) < 4.78 is 5.93. The molecule has 0 saturated heterocycles. The van der Waals surface area contributed by atoms with Crippen LogP contribution in [0.4, 0.5) is 0 Å². The Morgan fingerprint density at radius 3 is 2.26 bits per heavy atom. The Labute approximate surface area is 274 Å². The third-order valence-electron chi connectivity index (χ3n) is 7.61. The first-order chi connectivity index (χ1) is 22.0. The van der Waals surface area contributed by atoms with E-state index in [-0.39, 0.29) is 30.2 Å². The molecule has 1 atom stereocenters. The Hall–Kier alpha value is -4.94. The van der Waals surface area contributed by atoms with Gasteiger partial charge in [0.15, 0.2) is 5.76 Å². The van der Waals surface area contributed by atoms with Gasteiger partial charge in [-0.25, -0.2) is 0 Å². The van der Waals surface area contributed by atoms with Crippen LogP contribution in [0.2, 0.25) is 5.02 Å². The molecule has 0 saturated carbocycles. The Bertz CT molecular complexity index is 1820. The van der Waals surface area contributed by atoms with Crippen molar-refractivity contribution in [3.05, 3.63) is 142 Å². The highest BCUT2D eigenvalue weighted by atomic mass is 35.5. The number of nitrogens with one attached hydrogen (secondary N) is 1. The number of halogens is 1. The highest BCUT2D eigenvalue weighted by molar-refractivity contribution is 6.30. The van der Waals surface area contributed by atoms with E-state index in [4.69, 9.17) is 21.2 Å². The Morgan fingerprint density at radius 2 is 1.59 bits per heavy atom. The number of carboxylic acid groups (broad SMARTS) is 1. The van der Waals surface area contributed by atoms with Crippen molar-refractivity contribution in [2.45, 2.75) is 39.5 Å². The SMILES string of the molecule is CC(C)(C)/C=C/c1ccc(C(Cc2ccc(C(=O)NCCC(=O)O)cc2)c2cc(-c3cccc(-c4ccc(Cl)cc4)c3)on2)cc1. The van der Waals surface area contributed by atoms with Gasteiger partial charge in [0.05, 0.1) is 12.1 Å². The normalized spacial score (nSPS) is 12.3. The Morgan fingerprint density at radius 1 is 0.891 bits per heavy atom. The summed E-state index contributed by atoms with van der Waals surface area (Å²) in [5, 5.41) is 16.7. The fourth-order valence-corrected chi connectivity index (χ4v) is 5.20. The number of allylic oxidation sites excluding steroid dienone is 1. The molecule has 0 spiro atoms.